The number of esters is 1. The first kappa shape index (κ1) is 20.0. The van der Waals surface area contributed by atoms with Gasteiger partial charge in [0, 0.05) is 17.3 Å². The van der Waals surface area contributed by atoms with Crippen LogP contribution in [0.4, 0.5) is 10.1 Å². The molecule has 1 N–H and O–H groups in total. The number of amides is 1. The molecule has 0 aliphatic heterocycles. The first-order valence-electron chi connectivity index (χ1n) is 9.12. The number of carbonyl (C=O) groups excluding carboxylic acids is 2. The molecule has 1 amide bonds. The number of para-hydroxylation sites is 1. The molecule has 0 aliphatic carbocycles. The lowest BCUT2D eigenvalue weighted by Crippen LogP contribution is -2.29. The van der Waals surface area contributed by atoms with Crippen molar-refractivity contribution in [3.8, 4) is 11.1 Å². The van der Waals surface area contributed by atoms with E-state index in [1.807, 2.05) is 48.5 Å². The van der Waals surface area contributed by atoms with Gasteiger partial charge in [-0.05, 0) is 42.3 Å². The minimum atomic E-state index is -0.997. The van der Waals surface area contributed by atoms with Crippen molar-refractivity contribution in [3.05, 3.63) is 96.3 Å². The minimum absolute atomic E-state index is 0.398. The van der Waals surface area contributed by atoms with Gasteiger partial charge in [0.1, 0.15) is 5.82 Å². The van der Waals surface area contributed by atoms with Gasteiger partial charge in [0.25, 0.3) is 5.91 Å². The molecule has 0 aliphatic rings. The van der Waals surface area contributed by atoms with Crippen LogP contribution >= 0.6 is 0 Å². The number of carbonyl (C=O) groups is 2. The van der Waals surface area contributed by atoms with E-state index in [1.54, 1.807) is 18.2 Å². The van der Waals surface area contributed by atoms with Gasteiger partial charge in [0.15, 0.2) is 6.10 Å². The van der Waals surface area contributed by atoms with Crippen molar-refractivity contribution in [1.29, 1.82) is 0 Å². The Bertz CT molecular complexity index is 1030. The zero-order valence-corrected chi connectivity index (χ0v) is 15.8. The predicted molar refractivity (Wildman–Crippen MR) is 111 cm³/mol. The lowest BCUT2D eigenvalue weighted by molar-refractivity contribution is -0.148. The Hall–Kier alpha value is -3.73. The molecule has 0 radical (unpaired) electrons. The van der Waals surface area contributed by atoms with E-state index in [-0.39, 0.29) is 0 Å². The summed E-state index contributed by atoms with van der Waals surface area (Å²) in [4.78, 5) is 24.5. The SMILES string of the molecule is C[C@@H](OC(=O)/C=C/c1cccc(F)c1)C(=O)Nc1ccccc1-c1ccccc1. The highest BCUT2D eigenvalue weighted by Crippen LogP contribution is 2.27. The van der Waals surface area contributed by atoms with Gasteiger partial charge < -0.3 is 10.1 Å². The van der Waals surface area contributed by atoms with E-state index in [0.29, 0.717) is 11.3 Å². The summed E-state index contributed by atoms with van der Waals surface area (Å²) in [5.41, 5.74) is 2.98. The molecule has 0 unspecified atom stereocenters. The van der Waals surface area contributed by atoms with Crippen molar-refractivity contribution in [1.82, 2.24) is 0 Å². The Morgan fingerprint density at radius 1 is 0.966 bits per heavy atom. The number of halogens is 1. The van der Waals surface area contributed by atoms with Crippen LogP contribution in [-0.2, 0) is 14.3 Å². The summed E-state index contributed by atoms with van der Waals surface area (Å²) in [5, 5.41) is 2.81. The van der Waals surface area contributed by atoms with E-state index >= 15 is 0 Å². The summed E-state index contributed by atoms with van der Waals surface area (Å²) in [7, 11) is 0. The highest BCUT2D eigenvalue weighted by Gasteiger charge is 2.18. The molecule has 0 fully saturated rings. The van der Waals surface area contributed by atoms with Crippen molar-refractivity contribution in [3.63, 3.8) is 0 Å². The number of rotatable bonds is 6. The predicted octanol–water partition coefficient (Wildman–Crippen LogP) is 5.08. The monoisotopic (exact) mass is 389 g/mol. The average molecular weight is 389 g/mol. The zero-order chi connectivity index (χ0) is 20.6. The molecule has 0 saturated carbocycles. The van der Waals surface area contributed by atoms with E-state index in [9.17, 15) is 14.0 Å². The molecule has 29 heavy (non-hydrogen) atoms. The van der Waals surface area contributed by atoms with Gasteiger partial charge in [-0.15, -0.1) is 0 Å². The molecule has 146 valence electrons. The third-order valence-corrected chi connectivity index (χ3v) is 4.19. The fraction of sp³-hybridized carbons (Fsp3) is 0.0833. The maximum Gasteiger partial charge on any atom is 0.331 e. The maximum atomic E-state index is 13.2. The third-order valence-electron chi connectivity index (χ3n) is 4.19. The molecular formula is C24H20FNO3. The second-order valence-electron chi connectivity index (χ2n) is 6.37. The standard InChI is InChI=1S/C24H20FNO3/c1-17(29-23(27)15-14-18-8-7-11-20(25)16-18)24(28)26-22-13-6-5-12-21(22)19-9-3-2-4-10-19/h2-17H,1H3,(H,26,28)/b15-14+/t17-/m1/s1. The van der Waals surface area contributed by atoms with Crippen LogP contribution in [0.3, 0.4) is 0 Å². The Kier molecular flexibility index (Phi) is 6.53. The van der Waals surface area contributed by atoms with Gasteiger partial charge in [0.2, 0.25) is 0 Å². The molecule has 0 spiro atoms. The molecule has 4 nitrogen and oxygen atoms in total. The lowest BCUT2D eigenvalue weighted by atomic mass is 10.0. The van der Waals surface area contributed by atoms with Crippen LogP contribution < -0.4 is 5.32 Å². The fourth-order valence-electron chi connectivity index (χ4n) is 2.74. The van der Waals surface area contributed by atoms with Crippen LogP contribution in [0, 0.1) is 5.82 Å². The summed E-state index contributed by atoms with van der Waals surface area (Å²) in [6.45, 7) is 1.49. The van der Waals surface area contributed by atoms with Crippen molar-refractivity contribution in [2.75, 3.05) is 5.32 Å². The van der Waals surface area contributed by atoms with Crippen molar-refractivity contribution in [2.24, 2.45) is 0 Å². The number of nitrogens with one attached hydrogen (secondary N) is 1. The quantitative estimate of drug-likeness (QED) is 0.473. The van der Waals surface area contributed by atoms with Crippen LogP contribution in [-0.4, -0.2) is 18.0 Å². The summed E-state index contributed by atoms with van der Waals surface area (Å²) in [6, 6.07) is 22.9. The molecule has 3 aromatic rings. The van der Waals surface area contributed by atoms with Crippen LogP contribution in [0.15, 0.2) is 84.9 Å². The smallest absolute Gasteiger partial charge is 0.331 e. The zero-order valence-electron chi connectivity index (χ0n) is 15.8. The van der Waals surface area contributed by atoms with Gasteiger partial charge in [-0.2, -0.15) is 0 Å². The fourth-order valence-corrected chi connectivity index (χ4v) is 2.74. The Labute approximate surface area is 168 Å². The summed E-state index contributed by atoms with van der Waals surface area (Å²) in [6.07, 6.45) is 1.60. The third kappa shape index (κ3) is 5.62. The van der Waals surface area contributed by atoms with E-state index in [2.05, 4.69) is 5.32 Å². The van der Waals surface area contributed by atoms with Crippen LogP contribution in [0.25, 0.3) is 17.2 Å². The number of anilines is 1. The number of hydrogen-bond donors (Lipinski definition) is 1. The summed E-state index contributed by atoms with van der Waals surface area (Å²) >= 11 is 0. The Morgan fingerprint density at radius 3 is 2.45 bits per heavy atom. The number of ether oxygens (including phenoxy) is 1. The topological polar surface area (TPSA) is 55.4 Å². The number of hydrogen-bond acceptors (Lipinski definition) is 3. The lowest BCUT2D eigenvalue weighted by Gasteiger charge is -2.15. The van der Waals surface area contributed by atoms with E-state index < -0.39 is 23.8 Å². The van der Waals surface area contributed by atoms with E-state index in [0.717, 1.165) is 17.2 Å². The van der Waals surface area contributed by atoms with E-state index in [1.165, 1.54) is 25.1 Å². The average Bonchev–Trinajstić information content (AvgIpc) is 2.73. The first-order chi connectivity index (χ1) is 14.0. The van der Waals surface area contributed by atoms with Crippen molar-refractivity contribution in [2.45, 2.75) is 13.0 Å². The first-order valence-corrected chi connectivity index (χ1v) is 9.12. The molecule has 0 heterocycles. The second kappa shape index (κ2) is 9.46. The van der Waals surface area contributed by atoms with Crippen LogP contribution in [0.5, 0.6) is 0 Å². The molecular weight excluding hydrogens is 369 g/mol. The summed E-state index contributed by atoms with van der Waals surface area (Å²) < 4.78 is 18.3. The molecule has 0 saturated heterocycles. The Balaban J connectivity index is 1.63. The largest absolute Gasteiger partial charge is 0.449 e. The molecule has 0 aromatic heterocycles. The molecule has 0 bridgehead atoms. The summed E-state index contributed by atoms with van der Waals surface area (Å²) in [5.74, 6) is -1.53. The molecule has 3 aromatic carbocycles. The molecule has 5 heteroatoms. The number of benzene rings is 3. The highest BCUT2D eigenvalue weighted by molar-refractivity contribution is 5.99. The minimum Gasteiger partial charge on any atom is -0.449 e. The molecule has 1 atom stereocenters. The molecule has 3 rings (SSSR count). The van der Waals surface area contributed by atoms with E-state index in [4.69, 9.17) is 4.74 Å². The normalized spacial score (nSPS) is 11.8. The highest BCUT2D eigenvalue weighted by atomic mass is 19.1. The van der Waals surface area contributed by atoms with Gasteiger partial charge in [0.05, 0.1) is 0 Å². The van der Waals surface area contributed by atoms with Gasteiger partial charge in [-0.1, -0.05) is 60.7 Å². The van der Waals surface area contributed by atoms with Crippen LogP contribution in [0.1, 0.15) is 12.5 Å². The van der Waals surface area contributed by atoms with Gasteiger partial charge in [-0.3, -0.25) is 4.79 Å². The maximum absolute atomic E-state index is 13.2. The van der Waals surface area contributed by atoms with Crippen LogP contribution in [0.2, 0.25) is 0 Å². The Morgan fingerprint density at radius 2 is 1.69 bits per heavy atom. The van der Waals surface area contributed by atoms with Gasteiger partial charge in [-0.25, -0.2) is 9.18 Å². The van der Waals surface area contributed by atoms with Crippen molar-refractivity contribution >= 4 is 23.6 Å². The van der Waals surface area contributed by atoms with Crippen molar-refractivity contribution < 1.29 is 18.7 Å². The van der Waals surface area contributed by atoms with Gasteiger partial charge >= 0.3 is 5.97 Å². The second-order valence-corrected chi connectivity index (χ2v) is 6.37.